The molecule has 2 aromatic heterocycles. The van der Waals surface area contributed by atoms with E-state index < -0.39 is 0 Å². The molecule has 0 bridgehead atoms. The second-order valence-corrected chi connectivity index (χ2v) is 10.4. The van der Waals surface area contributed by atoms with E-state index in [9.17, 15) is 9.18 Å². The SMILES string of the molecule is CSc1ccc(-c2csc3c(OC4CCN(C(=O)NC(=N)CC(C)C)CC4)ncnc23)c(F)c1. The second-order valence-electron chi connectivity index (χ2n) is 8.66. The molecule has 2 amide bonds. The van der Waals surface area contributed by atoms with E-state index in [4.69, 9.17) is 10.1 Å². The number of rotatable bonds is 6. The minimum absolute atomic E-state index is 0.0829. The Morgan fingerprint density at radius 1 is 1.32 bits per heavy atom. The summed E-state index contributed by atoms with van der Waals surface area (Å²) in [5.74, 6) is 0.777. The van der Waals surface area contributed by atoms with E-state index in [1.807, 2.05) is 31.5 Å². The topological polar surface area (TPSA) is 91.2 Å². The Morgan fingerprint density at radius 2 is 2.09 bits per heavy atom. The van der Waals surface area contributed by atoms with Gasteiger partial charge in [-0.15, -0.1) is 23.1 Å². The Labute approximate surface area is 206 Å². The molecule has 10 heteroatoms. The van der Waals surface area contributed by atoms with Crippen LogP contribution < -0.4 is 10.1 Å². The van der Waals surface area contributed by atoms with Crippen molar-refractivity contribution in [3.05, 3.63) is 35.7 Å². The molecule has 1 fully saturated rings. The normalized spacial score (nSPS) is 14.6. The largest absolute Gasteiger partial charge is 0.473 e. The van der Waals surface area contributed by atoms with Gasteiger partial charge in [-0.3, -0.25) is 10.7 Å². The monoisotopic (exact) mass is 501 g/mol. The van der Waals surface area contributed by atoms with Gasteiger partial charge in [-0.05, 0) is 24.3 Å². The summed E-state index contributed by atoms with van der Waals surface area (Å²) in [6.45, 7) is 5.12. The summed E-state index contributed by atoms with van der Waals surface area (Å²) in [6.07, 6.45) is 5.16. The lowest BCUT2D eigenvalue weighted by molar-refractivity contribution is 0.110. The molecule has 3 aromatic rings. The molecule has 7 nitrogen and oxygen atoms in total. The number of hydrogen-bond donors (Lipinski definition) is 2. The number of benzene rings is 1. The first-order valence-electron chi connectivity index (χ1n) is 11.2. The zero-order valence-corrected chi connectivity index (χ0v) is 21.1. The van der Waals surface area contributed by atoms with Crippen molar-refractivity contribution in [2.24, 2.45) is 5.92 Å². The van der Waals surface area contributed by atoms with Crippen LogP contribution in [-0.4, -0.2) is 52.2 Å². The van der Waals surface area contributed by atoms with Crippen LogP contribution in [0.25, 0.3) is 21.3 Å². The highest BCUT2D eigenvalue weighted by atomic mass is 32.2. The van der Waals surface area contributed by atoms with Crippen molar-refractivity contribution in [3.8, 4) is 17.0 Å². The molecule has 0 saturated carbocycles. The fraction of sp³-hybridized carbons (Fsp3) is 0.417. The number of amidine groups is 1. The summed E-state index contributed by atoms with van der Waals surface area (Å²) < 4.78 is 21.7. The highest BCUT2D eigenvalue weighted by Crippen LogP contribution is 2.38. The first-order valence-corrected chi connectivity index (χ1v) is 13.3. The third-order valence-electron chi connectivity index (χ3n) is 5.67. The van der Waals surface area contributed by atoms with Gasteiger partial charge >= 0.3 is 6.03 Å². The minimum Gasteiger partial charge on any atom is -0.473 e. The summed E-state index contributed by atoms with van der Waals surface area (Å²) in [7, 11) is 0. The summed E-state index contributed by atoms with van der Waals surface area (Å²) in [5, 5.41) is 12.5. The Morgan fingerprint density at radius 3 is 2.76 bits per heavy atom. The molecule has 1 aromatic carbocycles. The molecule has 0 radical (unpaired) electrons. The maximum Gasteiger partial charge on any atom is 0.322 e. The molecule has 1 aliphatic rings. The van der Waals surface area contributed by atoms with Gasteiger partial charge in [0.2, 0.25) is 5.88 Å². The van der Waals surface area contributed by atoms with E-state index in [1.165, 1.54) is 35.5 Å². The van der Waals surface area contributed by atoms with Gasteiger partial charge in [0.1, 0.15) is 28.8 Å². The number of hydrogen-bond acceptors (Lipinski definition) is 7. The lowest BCUT2D eigenvalue weighted by Gasteiger charge is -2.32. The number of urea groups is 1. The molecule has 1 aliphatic heterocycles. The average molecular weight is 502 g/mol. The van der Waals surface area contributed by atoms with Crippen molar-refractivity contribution in [2.45, 2.75) is 44.1 Å². The molecule has 1 saturated heterocycles. The summed E-state index contributed by atoms with van der Waals surface area (Å²) >= 11 is 2.94. The molecule has 0 aliphatic carbocycles. The number of fused-ring (bicyclic) bond motifs is 1. The van der Waals surface area contributed by atoms with Crippen LogP contribution in [0.2, 0.25) is 0 Å². The Bertz CT molecular complexity index is 1190. The van der Waals surface area contributed by atoms with Crippen LogP contribution in [0.3, 0.4) is 0 Å². The lowest BCUT2D eigenvalue weighted by Crippen LogP contribution is -2.48. The molecule has 3 heterocycles. The van der Waals surface area contributed by atoms with Crippen molar-refractivity contribution in [3.63, 3.8) is 0 Å². The maximum absolute atomic E-state index is 14.7. The number of nitrogens with one attached hydrogen (secondary N) is 2. The standard InChI is InChI=1S/C24H28FN5O2S2/c1-14(2)10-20(26)29-24(31)30-8-6-15(7-9-30)32-23-22-21(27-13-28-23)18(12-34-22)17-5-4-16(33-3)11-19(17)25/h4-5,11-15H,6-10H2,1-3H3,(H2,26,29,31). The van der Waals surface area contributed by atoms with Crippen molar-refractivity contribution in [1.29, 1.82) is 5.41 Å². The van der Waals surface area contributed by atoms with E-state index in [2.05, 4.69) is 15.3 Å². The van der Waals surface area contributed by atoms with Crippen molar-refractivity contribution in [1.82, 2.24) is 20.2 Å². The van der Waals surface area contributed by atoms with Gasteiger partial charge in [-0.25, -0.2) is 19.2 Å². The zero-order valence-electron chi connectivity index (χ0n) is 19.4. The molecular formula is C24H28FN5O2S2. The Balaban J connectivity index is 1.42. The fourth-order valence-electron chi connectivity index (χ4n) is 3.95. The molecule has 4 rings (SSSR count). The van der Waals surface area contributed by atoms with E-state index in [0.717, 1.165) is 15.2 Å². The van der Waals surface area contributed by atoms with Gasteiger partial charge < -0.3 is 9.64 Å². The number of carbonyl (C=O) groups is 1. The van der Waals surface area contributed by atoms with Gasteiger partial charge in [-0.1, -0.05) is 19.9 Å². The van der Waals surface area contributed by atoms with Crippen molar-refractivity contribution >= 4 is 45.2 Å². The molecule has 34 heavy (non-hydrogen) atoms. The summed E-state index contributed by atoms with van der Waals surface area (Å²) in [4.78, 5) is 23.7. The number of carbonyl (C=O) groups excluding carboxylic acids is 1. The van der Waals surface area contributed by atoms with Crippen molar-refractivity contribution in [2.75, 3.05) is 19.3 Å². The van der Waals surface area contributed by atoms with E-state index >= 15 is 0 Å². The number of likely N-dealkylation sites (tertiary alicyclic amines) is 1. The predicted molar refractivity (Wildman–Crippen MR) is 136 cm³/mol. The smallest absolute Gasteiger partial charge is 0.322 e. The van der Waals surface area contributed by atoms with Crippen LogP contribution in [-0.2, 0) is 0 Å². The molecule has 0 unspecified atom stereocenters. The number of aromatic nitrogens is 2. The summed E-state index contributed by atoms with van der Waals surface area (Å²) in [5.41, 5.74) is 1.91. The molecule has 0 spiro atoms. The van der Waals surface area contributed by atoms with Crippen LogP contribution in [0.1, 0.15) is 33.1 Å². The van der Waals surface area contributed by atoms with Gasteiger partial charge in [0.15, 0.2) is 0 Å². The van der Waals surface area contributed by atoms with Crippen LogP contribution in [0.15, 0.2) is 34.8 Å². The first-order chi connectivity index (χ1) is 16.4. The Kier molecular flexibility index (Phi) is 7.67. The first kappa shape index (κ1) is 24.4. The molecule has 2 N–H and O–H groups in total. The zero-order chi connectivity index (χ0) is 24.2. The van der Waals surface area contributed by atoms with Crippen LogP contribution >= 0.6 is 23.1 Å². The third-order valence-corrected chi connectivity index (χ3v) is 7.35. The maximum atomic E-state index is 14.7. The van der Waals surface area contributed by atoms with E-state index in [-0.39, 0.29) is 23.8 Å². The van der Waals surface area contributed by atoms with Crippen LogP contribution in [0.5, 0.6) is 5.88 Å². The number of halogens is 1. The lowest BCUT2D eigenvalue weighted by atomic mass is 10.1. The molecular weight excluding hydrogens is 473 g/mol. The molecule has 180 valence electrons. The molecule has 0 atom stereocenters. The number of ether oxygens (including phenoxy) is 1. The van der Waals surface area contributed by atoms with E-state index in [1.54, 1.807) is 11.0 Å². The predicted octanol–water partition coefficient (Wildman–Crippen LogP) is 5.80. The number of nitrogens with zero attached hydrogens (tertiary/aromatic N) is 3. The highest BCUT2D eigenvalue weighted by molar-refractivity contribution is 7.98. The average Bonchev–Trinajstić information content (AvgIpc) is 3.23. The fourth-order valence-corrected chi connectivity index (χ4v) is 5.32. The van der Waals surface area contributed by atoms with Gasteiger partial charge in [-0.2, -0.15) is 0 Å². The highest BCUT2D eigenvalue weighted by Gasteiger charge is 2.26. The van der Waals surface area contributed by atoms with Gasteiger partial charge in [0.05, 0.1) is 5.52 Å². The number of amides is 2. The number of thiophene rings is 1. The third kappa shape index (κ3) is 5.50. The van der Waals surface area contributed by atoms with Crippen LogP contribution in [0, 0.1) is 17.1 Å². The number of thioether (sulfide) groups is 1. The Hall–Kier alpha value is -2.72. The van der Waals surface area contributed by atoms with Gasteiger partial charge in [0.25, 0.3) is 0 Å². The van der Waals surface area contributed by atoms with Crippen LogP contribution in [0.4, 0.5) is 9.18 Å². The van der Waals surface area contributed by atoms with Gasteiger partial charge in [0, 0.05) is 53.8 Å². The van der Waals surface area contributed by atoms with E-state index in [0.29, 0.717) is 55.2 Å². The second kappa shape index (κ2) is 10.7. The quantitative estimate of drug-likeness (QED) is 0.253. The number of piperidine rings is 1. The van der Waals surface area contributed by atoms with Crippen molar-refractivity contribution < 1.29 is 13.9 Å². The minimum atomic E-state index is -0.278. The summed E-state index contributed by atoms with van der Waals surface area (Å²) in [6, 6.07) is 4.99.